The zero-order valence-corrected chi connectivity index (χ0v) is 20.4. The maximum absolute atomic E-state index is 13.1. The highest BCUT2D eigenvalue weighted by Crippen LogP contribution is 2.16. The number of benzene rings is 2. The first-order valence-corrected chi connectivity index (χ1v) is 11.6. The number of aryl methyl sites for hydroxylation is 1. The van der Waals surface area contributed by atoms with Crippen LogP contribution in [0.5, 0.6) is 5.75 Å². The molecule has 5 nitrogen and oxygen atoms in total. The van der Waals surface area contributed by atoms with Gasteiger partial charge < -0.3 is 15.0 Å². The van der Waals surface area contributed by atoms with E-state index in [1.165, 1.54) is 5.56 Å². The Bertz CT molecular complexity index is 837. The molecule has 2 rings (SSSR count). The van der Waals surface area contributed by atoms with E-state index in [0.717, 1.165) is 22.2 Å². The smallest absolute Gasteiger partial charge is 0.242 e. The summed E-state index contributed by atoms with van der Waals surface area (Å²) in [6.07, 6.45) is 1.75. The Morgan fingerprint density at radius 1 is 1.06 bits per heavy atom. The Labute approximate surface area is 194 Å². The normalized spacial score (nSPS) is 12.7. The lowest BCUT2D eigenvalue weighted by atomic mass is 10.1. The van der Waals surface area contributed by atoms with Crippen molar-refractivity contribution in [2.45, 2.75) is 65.6 Å². The molecule has 0 aromatic heterocycles. The number of rotatable bonds is 11. The van der Waals surface area contributed by atoms with Crippen LogP contribution in [0.4, 0.5) is 0 Å². The van der Waals surface area contributed by atoms with Gasteiger partial charge in [0.25, 0.3) is 0 Å². The van der Waals surface area contributed by atoms with Crippen LogP contribution in [0.25, 0.3) is 0 Å². The molecule has 2 amide bonds. The van der Waals surface area contributed by atoms with E-state index in [-0.39, 0.29) is 17.9 Å². The standard InChI is InChI=1S/C25H33BrN2O3/c1-5-19(3)27-25(30)20(4)28(17-21-10-12-22(26)13-11-21)24(29)7-6-16-31-23-14-8-18(2)9-15-23/h8-15,19-20H,5-7,16-17H2,1-4H3,(H,27,30). The lowest BCUT2D eigenvalue weighted by Gasteiger charge is -2.29. The second-order valence-electron chi connectivity index (χ2n) is 7.91. The number of carbonyl (C=O) groups is 2. The molecule has 1 N–H and O–H groups in total. The van der Waals surface area contributed by atoms with Crippen LogP contribution in [-0.2, 0) is 16.1 Å². The fraction of sp³-hybridized carbons (Fsp3) is 0.440. The van der Waals surface area contributed by atoms with Gasteiger partial charge in [-0.3, -0.25) is 9.59 Å². The molecule has 0 radical (unpaired) electrons. The molecule has 168 valence electrons. The van der Waals surface area contributed by atoms with Crippen molar-refractivity contribution in [2.24, 2.45) is 0 Å². The first kappa shape index (κ1) is 24.9. The molecule has 0 spiro atoms. The molecule has 0 bridgehead atoms. The molecule has 0 aliphatic rings. The fourth-order valence-electron chi connectivity index (χ4n) is 3.03. The summed E-state index contributed by atoms with van der Waals surface area (Å²) in [6.45, 7) is 8.65. The van der Waals surface area contributed by atoms with E-state index < -0.39 is 6.04 Å². The minimum absolute atomic E-state index is 0.0535. The van der Waals surface area contributed by atoms with E-state index in [1.807, 2.05) is 69.3 Å². The van der Waals surface area contributed by atoms with Gasteiger partial charge in [0, 0.05) is 23.5 Å². The van der Waals surface area contributed by atoms with Crippen molar-refractivity contribution >= 4 is 27.7 Å². The highest BCUT2D eigenvalue weighted by molar-refractivity contribution is 9.10. The van der Waals surface area contributed by atoms with E-state index in [2.05, 4.69) is 21.2 Å². The summed E-state index contributed by atoms with van der Waals surface area (Å²) < 4.78 is 6.72. The fourth-order valence-corrected chi connectivity index (χ4v) is 3.29. The maximum Gasteiger partial charge on any atom is 0.242 e. The number of hydrogen-bond donors (Lipinski definition) is 1. The first-order valence-electron chi connectivity index (χ1n) is 10.8. The van der Waals surface area contributed by atoms with Crippen molar-refractivity contribution < 1.29 is 14.3 Å². The minimum atomic E-state index is -0.553. The van der Waals surface area contributed by atoms with Gasteiger partial charge in [0.05, 0.1) is 6.61 Å². The molecule has 0 fully saturated rings. The zero-order chi connectivity index (χ0) is 22.8. The zero-order valence-electron chi connectivity index (χ0n) is 18.9. The number of hydrogen-bond acceptors (Lipinski definition) is 3. The third-order valence-electron chi connectivity index (χ3n) is 5.26. The quantitative estimate of drug-likeness (QED) is 0.439. The predicted molar refractivity (Wildman–Crippen MR) is 128 cm³/mol. The third-order valence-corrected chi connectivity index (χ3v) is 5.79. The molecular formula is C25H33BrN2O3. The van der Waals surface area contributed by atoms with Gasteiger partial charge in [0.2, 0.25) is 11.8 Å². The molecular weight excluding hydrogens is 456 g/mol. The van der Waals surface area contributed by atoms with Crippen molar-refractivity contribution in [3.05, 3.63) is 64.1 Å². The van der Waals surface area contributed by atoms with Crippen LogP contribution in [0.15, 0.2) is 53.0 Å². The van der Waals surface area contributed by atoms with E-state index in [4.69, 9.17) is 4.74 Å². The van der Waals surface area contributed by atoms with Crippen LogP contribution >= 0.6 is 15.9 Å². The van der Waals surface area contributed by atoms with Crippen molar-refractivity contribution in [3.8, 4) is 5.75 Å². The average Bonchev–Trinajstić information content (AvgIpc) is 2.76. The first-order chi connectivity index (χ1) is 14.8. The topological polar surface area (TPSA) is 58.6 Å². The summed E-state index contributed by atoms with van der Waals surface area (Å²) in [5.41, 5.74) is 2.16. The molecule has 0 heterocycles. The SMILES string of the molecule is CCC(C)NC(=O)C(C)N(Cc1ccc(Br)cc1)C(=O)CCCOc1ccc(C)cc1. The lowest BCUT2D eigenvalue weighted by molar-refractivity contribution is -0.141. The van der Waals surface area contributed by atoms with Crippen molar-refractivity contribution in [1.29, 1.82) is 0 Å². The van der Waals surface area contributed by atoms with Gasteiger partial charge in [-0.15, -0.1) is 0 Å². The molecule has 0 aliphatic heterocycles. The molecule has 2 aromatic rings. The van der Waals surface area contributed by atoms with Crippen LogP contribution in [0.2, 0.25) is 0 Å². The molecule has 2 aromatic carbocycles. The second kappa shape index (κ2) is 12.5. The van der Waals surface area contributed by atoms with Gasteiger partial charge in [0.1, 0.15) is 11.8 Å². The summed E-state index contributed by atoms with van der Waals surface area (Å²) >= 11 is 3.43. The van der Waals surface area contributed by atoms with Gasteiger partial charge in [-0.1, -0.05) is 52.7 Å². The number of nitrogens with one attached hydrogen (secondary N) is 1. The van der Waals surface area contributed by atoms with Gasteiger partial charge in [-0.2, -0.15) is 0 Å². The van der Waals surface area contributed by atoms with Crippen molar-refractivity contribution in [3.63, 3.8) is 0 Å². The van der Waals surface area contributed by atoms with Crippen molar-refractivity contribution in [2.75, 3.05) is 6.61 Å². The number of amides is 2. The Balaban J connectivity index is 1.99. The van der Waals surface area contributed by atoms with Gasteiger partial charge in [-0.25, -0.2) is 0 Å². The Kier molecular flexibility index (Phi) is 10.0. The van der Waals surface area contributed by atoms with Gasteiger partial charge >= 0.3 is 0 Å². The second-order valence-corrected chi connectivity index (χ2v) is 8.82. The van der Waals surface area contributed by atoms with Crippen LogP contribution < -0.4 is 10.1 Å². The Morgan fingerprint density at radius 3 is 2.32 bits per heavy atom. The molecule has 31 heavy (non-hydrogen) atoms. The highest BCUT2D eigenvalue weighted by Gasteiger charge is 2.26. The summed E-state index contributed by atoms with van der Waals surface area (Å²) in [5, 5.41) is 2.99. The number of nitrogens with zero attached hydrogens (tertiary/aromatic N) is 1. The molecule has 6 heteroatoms. The molecule has 2 unspecified atom stereocenters. The minimum Gasteiger partial charge on any atom is -0.494 e. The van der Waals surface area contributed by atoms with Crippen LogP contribution in [-0.4, -0.2) is 35.4 Å². The van der Waals surface area contributed by atoms with Crippen LogP contribution in [0.3, 0.4) is 0 Å². The summed E-state index contributed by atoms with van der Waals surface area (Å²) in [5.74, 6) is 0.615. The lowest BCUT2D eigenvalue weighted by Crippen LogP contribution is -2.49. The Morgan fingerprint density at radius 2 is 1.71 bits per heavy atom. The number of ether oxygens (including phenoxy) is 1. The third kappa shape index (κ3) is 8.37. The molecule has 2 atom stereocenters. The highest BCUT2D eigenvalue weighted by atomic mass is 79.9. The monoisotopic (exact) mass is 488 g/mol. The molecule has 0 aliphatic carbocycles. The summed E-state index contributed by atoms with van der Waals surface area (Å²) in [4.78, 5) is 27.4. The maximum atomic E-state index is 13.1. The molecule has 0 saturated carbocycles. The largest absolute Gasteiger partial charge is 0.494 e. The number of halogens is 1. The average molecular weight is 489 g/mol. The summed E-state index contributed by atoms with van der Waals surface area (Å²) in [6, 6.07) is 15.2. The van der Waals surface area contributed by atoms with E-state index in [1.54, 1.807) is 11.8 Å². The number of carbonyl (C=O) groups excluding carboxylic acids is 2. The van der Waals surface area contributed by atoms with E-state index in [9.17, 15) is 9.59 Å². The molecule has 0 saturated heterocycles. The predicted octanol–water partition coefficient (Wildman–Crippen LogP) is 5.25. The van der Waals surface area contributed by atoms with E-state index >= 15 is 0 Å². The van der Waals surface area contributed by atoms with Crippen LogP contribution in [0, 0.1) is 6.92 Å². The summed E-state index contributed by atoms with van der Waals surface area (Å²) in [7, 11) is 0. The van der Waals surface area contributed by atoms with Crippen molar-refractivity contribution in [1.82, 2.24) is 10.2 Å². The Hall–Kier alpha value is -2.34. The van der Waals surface area contributed by atoms with Crippen LogP contribution in [0.1, 0.15) is 51.2 Å². The van der Waals surface area contributed by atoms with E-state index in [0.29, 0.717) is 26.0 Å². The van der Waals surface area contributed by atoms with Gasteiger partial charge in [-0.05, 0) is 63.4 Å². The van der Waals surface area contributed by atoms with Gasteiger partial charge in [0.15, 0.2) is 0 Å².